The third-order valence-electron chi connectivity index (χ3n) is 6.18. The zero-order valence-corrected chi connectivity index (χ0v) is 17.6. The Morgan fingerprint density at radius 2 is 2.04 bits per heavy atom. The van der Waals surface area contributed by atoms with Crippen molar-refractivity contribution in [2.24, 2.45) is 0 Å². The predicted molar refractivity (Wildman–Crippen MR) is 115 cm³/mol. The summed E-state index contributed by atoms with van der Waals surface area (Å²) in [5.74, 6) is 0.240. The second kappa shape index (κ2) is 6.05. The molecule has 3 aliphatic rings. The fraction of sp³-hybridized carbons (Fsp3) is 0.391. The van der Waals surface area contributed by atoms with Crippen LogP contribution in [-0.4, -0.2) is 35.4 Å². The molecule has 1 aliphatic carbocycles. The highest BCUT2D eigenvalue weighted by atomic mass is 32.1. The molecule has 0 bridgehead atoms. The Bertz CT molecular complexity index is 1040. The van der Waals surface area contributed by atoms with Gasteiger partial charge in [-0.25, -0.2) is 4.98 Å². The van der Waals surface area contributed by atoms with Crippen LogP contribution in [0.1, 0.15) is 44.2 Å². The lowest BCUT2D eigenvalue weighted by molar-refractivity contribution is -0.122. The van der Waals surface area contributed by atoms with Gasteiger partial charge in [-0.2, -0.15) is 0 Å². The van der Waals surface area contributed by atoms with Crippen LogP contribution in [0.15, 0.2) is 42.2 Å². The third-order valence-corrected chi connectivity index (χ3v) is 7.28. The van der Waals surface area contributed by atoms with Gasteiger partial charge in [0.15, 0.2) is 0 Å². The zero-order chi connectivity index (χ0) is 19.6. The second-order valence-electron chi connectivity index (χ2n) is 8.62. The van der Waals surface area contributed by atoms with Crippen molar-refractivity contribution >= 4 is 28.5 Å². The first-order valence-electron chi connectivity index (χ1n) is 9.90. The number of nitrogens with zero attached hydrogens (tertiary/aromatic N) is 3. The van der Waals surface area contributed by atoms with Crippen molar-refractivity contribution in [1.29, 1.82) is 0 Å². The molecule has 0 atom stereocenters. The summed E-state index contributed by atoms with van der Waals surface area (Å²) >= 11 is 1.72. The van der Waals surface area contributed by atoms with Crippen LogP contribution in [0.5, 0.6) is 0 Å². The number of hydrogen-bond donors (Lipinski definition) is 0. The third kappa shape index (κ3) is 2.64. The number of carbonyl (C=O) groups is 1. The molecule has 1 amide bonds. The number of aromatic nitrogens is 1. The Hall–Kier alpha value is -2.40. The van der Waals surface area contributed by atoms with E-state index in [0.29, 0.717) is 6.04 Å². The molecule has 5 heteroatoms. The summed E-state index contributed by atoms with van der Waals surface area (Å²) < 4.78 is 0. The van der Waals surface area contributed by atoms with E-state index in [-0.39, 0.29) is 5.91 Å². The van der Waals surface area contributed by atoms with Crippen molar-refractivity contribution in [3.05, 3.63) is 52.8 Å². The summed E-state index contributed by atoms with van der Waals surface area (Å²) in [5, 5.41) is 1.05. The van der Waals surface area contributed by atoms with Crippen LogP contribution in [0, 0.1) is 0 Å². The molecule has 5 rings (SSSR count). The topological polar surface area (TPSA) is 36.4 Å². The predicted octanol–water partition coefficient (Wildman–Crippen LogP) is 4.83. The highest BCUT2D eigenvalue weighted by Gasteiger charge is 2.48. The van der Waals surface area contributed by atoms with Gasteiger partial charge in [-0.3, -0.25) is 4.79 Å². The molecule has 1 aromatic heterocycles. The van der Waals surface area contributed by atoms with Gasteiger partial charge in [-0.1, -0.05) is 18.2 Å². The molecule has 1 aromatic carbocycles. The molecule has 144 valence electrons. The first-order chi connectivity index (χ1) is 13.4. The van der Waals surface area contributed by atoms with Gasteiger partial charge >= 0.3 is 0 Å². The molecule has 0 unspecified atom stereocenters. The Balaban J connectivity index is 1.51. The average Bonchev–Trinajstić information content (AvgIpc) is 3.33. The minimum Gasteiger partial charge on any atom is -0.374 e. The van der Waals surface area contributed by atoms with Crippen LogP contribution in [-0.2, 0) is 10.2 Å². The normalized spacial score (nSPS) is 20.9. The molecule has 0 radical (unpaired) electrons. The maximum Gasteiger partial charge on any atom is 0.237 e. The average molecular weight is 392 g/mol. The number of allylic oxidation sites excluding steroid dienone is 3. The first-order valence-corrected chi connectivity index (χ1v) is 10.7. The van der Waals surface area contributed by atoms with E-state index in [1.807, 2.05) is 24.9 Å². The monoisotopic (exact) mass is 391 g/mol. The SMILES string of the molecule is CC1=CC(c2ncc(-c3ccc4c(c3)N(C3CC3)C(=O)C4(C)C)s2)=CCN1C. The van der Waals surface area contributed by atoms with Gasteiger partial charge in [0, 0.05) is 42.8 Å². The van der Waals surface area contributed by atoms with E-state index in [1.54, 1.807) is 11.3 Å². The van der Waals surface area contributed by atoms with Crippen LogP contribution in [0.3, 0.4) is 0 Å². The molecule has 1 saturated carbocycles. The largest absolute Gasteiger partial charge is 0.374 e. The molecule has 0 saturated heterocycles. The Morgan fingerprint density at radius 1 is 1.25 bits per heavy atom. The van der Waals surface area contributed by atoms with Gasteiger partial charge in [0.05, 0.1) is 10.3 Å². The van der Waals surface area contributed by atoms with E-state index in [0.717, 1.165) is 46.1 Å². The molecule has 1 fully saturated rings. The minimum atomic E-state index is -0.434. The Kier molecular flexibility index (Phi) is 3.82. The van der Waals surface area contributed by atoms with Crippen molar-refractivity contribution < 1.29 is 4.79 Å². The van der Waals surface area contributed by atoms with Crippen LogP contribution in [0.4, 0.5) is 5.69 Å². The maximum absolute atomic E-state index is 13.0. The highest BCUT2D eigenvalue weighted by Crippen LogP contribution is 2.48. The number of thiazole rings is 1. The number of anilines is 1. The number of carbonyl (C=O) groups excluding carboxylic acids is 1. The summed E-state index contributed by atoms with van der Waals surface area (Å²) in [4.78, 5) is 23.1. The van der Waals surface area contributed by atoms with Crippen LogP contribution >= 0.6 is 11.3 Å². The molecular weight excluding hydrogens is 366 g/mol. The van der Waals surface area contributed by atoms with Crippen LogP contribution in [0.2, 0.25) is 0 Å². The second-order valence-corrected chi connectivity index (χ2v) is 9.65. The van der Waals surface area contributed by atoms with Crippen molar-refractivity contribution in [1.82, 2.24) is 9.88 Å². The molecule has 2 aliphatic heterocycles. The lowest BCUT2D eigenvalue weighted by Crippen LogP contribution is -2.37. The van der Waals surface area contributed by atoms with E-state index in [4.69, 9.17) is 0 Å². The van der Waals surface area contributed by atoms with E-state index < -0.39 is 5.41 Å². The van der Waals surface area contributed by atoms with E-state index in [1.165, 1.54) is 11.3 Å². The maximum atomic E-state index is 13.0. The van der Waals surface area contributed by atoms with Gasteiger partial charge in [0.2, 0.25) is 5.91 Å². The Morgan fingerprint density at radius 3 is 2.75 bits per heavy atom. The first kappa shape index (κ1) is 17.7. The van der Waals surface area contributed by atoms with Crippen molar-refractivity contribution in [2.45, 2.75) is 45.1 Å². The summed E-state index contributed by atoms with van der Waals surface area (Å²) in [6.07, 6.45) is 8.63. The standard InChI is InChI=1S/C23H25N3OS/c1-14-11-16(9-10-25(14)4)21-24-13-20(28-21)15-5-8-18-19(12-15)26(17-6-7-17)22(27)23(18,2)3/h5,8-9,11-13,17H,6-7,10H2,1-4H3. The van der Waals surface area contributed by atoms with Gasteiger partial charge in [0.1, 0.15) is 5.01 Å². The fourth-order valence-corrected chi connectivity index (χ4v) is 5.02. The van der Waals surface area contributed by atoms with Gasteiger partial charge in [-0.05, 0) is 56.9 Å². The number of amides is 1. The van der Waals surface area contributed by atoms with Crippen molar-refractivity contribution in [2.75, 3.05) is 18.5 Å². The summed E-state index contributed by atoms with van der Waals surface area (Å²) in [7, 11) is 2.10. The van der Waals surface area contributed by atoms with Gasteiger partial charge in [-0.15, -0.1) is 11.3 Å². The number of rotatable bonds is 3. The smallest absolute Gasteiger partial charge is 0.237 e. The van der Waals surface area contributed by atoms with Crippen LogP contribution < -0.4 is 4.90 Å². The Labute approximate surface area is 170 Å². The molecule has 3 heterocycles. The summed E-state index contributed by atoms with van der Waals surface area (Å²) in [6, 6.07) is 6.87. The number of fused-ring (bicyclic) bond motifs is 1. The molecular formula is C23H25N3OS. The lowest BCUT2D eigenvalue weighted by atomic mass is 9.86. The molecule has 2 aromatic rings. The summed E-state index contributed by atoms with van der Waals surface area (Å²) in [6.45, 7) is 7.14. The van der Waals surface area contributed by atoms with Crippen molar-refractivity contribution in [3.8, 4) is 10.4 Å². The number of hydrogen-bond acceptors (Lipinski definition) is 4. The zero-order valence-electron chi connectivity index (χ0n) is 16.8. The molecule has 4 nitrogen and oxygen atoms in total. The lowest BCUT2D eigenvalue weighted by Gasteiger charge is -2.22. The quantitative estimate of drug-likeness (QED) is 0.752. The van der Waals surface area contributed by atoms with Crippen molar-refractivity contribution in [3.63, 3.8) is 0 Å². The van der Waals surface area contributed by atoms with Crippen LogP contribution in [0.25, 0.3) is 16.0 Å². The van der Waals surface area contributed by atoms with Gasteiger partial charge < -0.3 is 9.80 Å². The minimum absolute atomic E-state index is 0.240. The van der Waals surface area contributed by atoms with Gasteiger partial charge in [0.25, 0.3) is 0 Å². The van der Waals surface area contributed by atoms with E-state index >= 15 is 0 Å². The fourth-order valence-electron chi connectivity index (χ4n) is 4.10. The van der Waals surface area contributed by atoms with E-state index in [9.17, 15) is 4.79 Å². The van der Waals surface area contributed by atoms with E-state index in [2.05, 4.69) is 54.2 Å². The molecule has 0 N–H and O–H groups in total. The number of likely N-dealkylation sites (N-methyl/N-ethyl adjacent to an activating group) is 1. The summed E-state index contributed by atoms with van der Waals surface area (Å²) in [5.41, 5.74) is 5.41. The number of benzene rings is 1. The highest BCUT2D eigenvalue weighted by molar-refractivity contribution is 7.16. The molecule has 0 spiro atoms. The molecule has 28 heavy (non-hydrogen) atoms.